The lowest BCUT2D eigenvalue weighted by Crippen LogP contribution is -2.36. The fourth-order valence-electron chi connectivity index (χ4n) is 2.52. The molecule has 2 N–H and O–H groups in total. The van der Waals surface area contributed by atoms with Crippen LogP contribution in [0.5, 0.6) is 17.2 Å². The molecule has 6 nitrogen and oxygen atoms in total. The van der Waals surface area contributed by atoms with Crippen LogP contribution in [0.3, 0.4) is 0 Å². The summed E-state index contributed by atoms with van der Waals surface area (Å²) in [5, 5.41) is 6.60. The molecule has 0 fully saturated rings. The van der Waals surface area contributed by atoms with E-state index in [1.807, 2.05) is 12.1 Å². The van der Waals surface area contributed by atoms with E-state index in [-0.39, 0.29) is 0 Å². The molecule has 0 bridgehead atoms. The van der Waals surface area contributed by atoms with Crippen molar-refractivity contribution in [2.75, 3.05) is 28.4 Å². The van der Waals surface area contributed by atoms with Crippen molar-refractivity contribution >= 4 is 5.96 Å². The van der Waals surface area contributed by atoms with Crippen LogP contribution in [0.2, 0.25) is 0 Å². The lowest BCUT2D eigenvalue weighted by Gasteiger charge is -2.16. The van der Waals surface area contributed by atoms with E-state index in [4.69, 9.17) is 14.2 Å². The zero-order valence-electron chi connectivity index (χ0n) is 16.1. The Kier molecular flexibility index (Phi) is 7.14. The summed E-state index contributed by atoms with van der Waals surface area (Å²) >= 11 is 0. The molecule has 0 amide bonds. The van der Waals surface area contributed by atoms with Gasteiger partial charge in [0, 0.05) is 31.8 Å². The Morgan fingerprint density at radius 3 is 2.00 bits per heavy atom. The maximum absolute atomic E-state index is 5.46. The van der Waals surface area contributed by atoms with Crippen molar-refractivity contribution in [2.24, 2.45) is 4.99 Å². The highest BCUT2D eigenvalue weighted by Gasteiger charge is 2.12. The Morgan fingerprint density at radius 1 is 0.846 bits per heavy atom. The molecule has 2 aromatic carbocycles. The van der Waals surface area contributed by atoms with Gasteiger partial charge in [-0.05, 0) is 18.6 Å². The average molecular weight is 357 g/mol. The summed E-state index contributed by atoms with van der Waals surface area (Å²) in [6.07, 6.45) is 0. The molecule has 0 saturated carbocycles. The van der Waals surface area contributed by atoms with E-state index in [1.54, 1.807) is 28.4 Å². The molecular weight excluding hydrogens is 330 g/mol. The predicted molar refractivity (Wildman–Crippen MR) is 104 cm³/mol. The molecule has 2 aromatic rings. The van der Waals surface area contributed by atoms with E-state index < -0.39 is 0 Å². The SMILES string of the molecule is CN=C(NCc1ccc(C)cc1)NCc1cc(OC)c(OC)cc1OC. The molecule has 0 saturated heterocycles. The number of methoxy groups -OCH3 is 3. The summed E-state index contributed by atoms with van der Waals surface area (Å²) in [6, 6.07) is 12.1. The minimum Gasteiger partial charge on any atom is -0.496 e. The van der Waals surface area contributed by atoms with Gasteiger partial charge in [0.25, 0.3) is 0 Å². The zero-order valence-corrected chi connectivity index (χ0v) is 16.1. The van der Waals surface area contributed by atoms with Gasteiger partial charge in [-0.2, -0.15) is 0 Å². The smallest absolute Gasteiger partial charge is 0.191 e. The largest absolute Gasteiger partial charge is 0.496 e. The van der Waals surface area contributed by atoms with Crippen molar-refractivity contribution in [1.29, 1.82) is 0 Å². The standard InChI is InChI=1S/C20H27N3O3/c1-14-6-8-15(9-7-14)12-22-20(21-2)23-13-16-10-18(25-4)19(26-5)11-17(16)24-3/h6-11H,12-13H2,1-5H3,(H2,21,22,23). The number of aliphatic imine (C=N–C) groups is 1. The van der Waals surface area contributed by atoms with Crippen LogP contribution in [-0.2, 0) is 13.1 Å². The second-order valence-corrected chi connectivity index (χ2v) is 5.78. The van der Waals surface area contributed by atoms with Crippen LogP contribution in [0, 0.1) is 6.92 Å². The number of hydrogen-bond donors (Lipinski definition) is 2. The van der Waals surface area contributed by atoms with Gasteiger partial charge in [-0.3, -0.25) is 4.99 Å². The Morgan fingerprint density at radius 2 is 1.42 bits per heavy atom. The van der Waals surface area contributed by atoms with Gasteiger partial charge in [-0.1, -0.05) is 29.8 Å². The topological polar surface area (TPSA) is 64.1 Å². The fourth-order valence-corrected chi connectivity index (χ4v) is 2.52. The lowest BCUT2D eigenvalue weighted by atomic mass is 10.1. The number of benzene rings is 2. The third-order valence-electron chi connectivity index (χ3n) is 4.04. The van der Waals surface area contributed by atoms with Gasteiger partial charge in [-0.25, -0.2) is 0 Å². The second kappa shape index (κ2) is 9.56. The molecule has 0 aromatic heterocycles. The highest BCUT2D eigenvalue weighted by molar-refractivity contribution is 5.79. The molecule has 0 aliphatic heterocycles. The quantitative estimate of drug-likeness (QED) is 0.589. The van der Waals surface area contributed by atoms with Crippen LogP contribution >= 0.6 is 0 Å². The number of rotatable bonds is 7. The summed E-state index contributed by atoms with van der Waals surface area (Å²) < 4.78 is 16.1. The van der Waals surface area contributed by atoms with Gasteiger partial charge in [0.2, 0.25) is 0 Å². The van der Waals surface area contributed by atoms with Crippen molar-refractivity contribution in [2.45, 2.75) is 20.0 Å². The van der Waals surface area contributed by atoms with Gasteiger partial charge in [0.1, 0.15) is 5.75 Å². The van der Waals surface area contributed by atoms with Crippen molar-refractivity contribution in [3.8, 4) is 17.2 Å². The van der Waals surface area contributed by atoms with Crippen molar-refractivity contribution in [3.05, 3.63) is 53.1 Å². The van der Waals surface area contributed by atoms with E-state index in [1.165, 1.54) is 11.1 Å². The molecule has 140 valence electrons. The first-order chi connectivity index (χ1) is 12.6. The monoisotopic (exact) mass is 357 g/mol. The molecule has 26 heavy (non-hydrogen) atoms. The molecule has 0 radical (unpaired) electrons. The minimum absolute atomic E-state index is 0.539. The molecule has 0 heterocycles. The van der Waals surface area contributed by atoms with Crippen LogP contribution in [0.25, 0.3) is 0 Å². The zero-order chi connectivity index (χ0) is 18.9. The summed E-state index contributed by atoms with van der Waals surface area (Å²) in [7, 11) is 6.60. The summed E-state index contributed by atoms with van der Waals surface area (Å²) in [5.41, 5.74) is 3.39. The Balaban J connectivity index is 2.02. The first kappa shape index (κ1) is 19.4. The first-order valence-electron chi connectivity index (χ1n) is 8.40. The number of aryl methyl sites for hydroxylation is 1. The van der Waals surface area contributed by atoms with Gasteiger partial charge >= 0.3 is 0 Å². The molecule has 0 aliphatic carbocycles. The minimum atomic E-state index is 0.539. The number of nitrogens with zero attached hydrogens (tertiary/aromatic N) is 1. The number of hydrogen-bond acceptors (Lipinski definition) is 4. The van der Waals surface area contributed by atoms with Crippen molar-refractivity contribution < 1.29 is 14.2 Å². The third-order valence-corrected chi connectivity index (χ3v) is 4.04. The van der Waals surface area contributed by atoms with Crippen LogP contribution in [-0.4, -0.2) is 34.3 Å². The van der Waals surface area contributed by atoms with Crippen molar-refractivity contribution in [3.63, 3.8) is 0 Å². The van der Waals surface area contributed by atoms with E-state index in [9.17, 15) is 0 Å². The molecule has 0 unspecified atom stereocenters. The fraction of sp³-hybridized carbons (Fsp3) is 0.350. The normalized spacial score (nSPS) is 11.0. The highest BCUT2D eigenvalue weighted by Crippen LogP contribution is 2.34. The van der Waals surface area contributed by atoms with Crippen LogP contribution in [0.15, 0.2) is 41.4 Å². The molecule has 0 atom stereocenters. The molecular formula is C20H27N3O3. The summed E-state index contributed by atoms with van der Waals surface area (Å²) in [4.78, 5) is 4.27. The Labute approximate surface area is 155 Å². The number of guanidine groups is 1. The summed E-state index contributed by atoms with van der Waals surface area (Å²) in [6.45, 7) is 3.31. The van der Waals surface area contributed by atoms with Gasteiger partial charge in [0.05, 0.1) is 21.3 Å². The highest BCUT2D eigenvalue weighted by atomic mass is 16.5. The van der Waals surface area contributed by atoms with Crippen LogP contribution in [0.1, 0.15) is 16.7 Å². The van der Waals surface area contributed by atoms with Gasteiger partial charge in [-0.15, -0.1) is 0 Å². The van der Waals surface area contributed by atoms with E-state index >= 15 is 0 Å². The van der Waals surface area contributed by atoms with Crippen LogP contribution < -0.4 is 24.8 Å². The van der Waals surface area contributed by atoms with Crippen LogP contribution in [0.4, 0.5) is 0 Å². The Hall–Kier alpha value is -2.89. The molecule has 0 aliphatic rings. The lowest BCUT2D eigenvalue weighted by molar-refractivity contribution is 0.347. The maximum Gasteiger partial charge on any atom is 0.191 e. The molecule has 2 rings (SSSR count). The first-order valence-corrected chi connectivity index (χ1v) is 8.40. The number of ether oxygens (including phenoxy) is 3. The number of nitrogens with one attached hydrogen (secondary N) is 2. The van der Waals surface area contributed by atoms with E-state index in [0.29, 0.717) is 30.5 Å². The van der Waals surface area contributed by atoms with Gasteiger partial charge in [0.15, 0.2) is 17.5 Å². The molecule has 0 spiro atoms. The second-order valence-electron chi connectivity index (χ2n) is 5.78. The summed E-state index contributed by atoms with van der Waals surface area (Å²) in [5.74, 6) is 2.73. The molecule has 6 heteroatoms. The van der Waals surface area contributed by atoms with E-state index in [2.05, 4.69) is 46.8 Å². The van der Waals surface area contributed by atoms with E-state index in [0.717, 1.165) is 11.3 Å². The third kappa shape index (κ3) is 5.05. The Bertz CT molecular complexity index is 743. The predicted octanol–water partition coefficient (Wildman–Crippen LogP) is 2.89. The maximum atomic E-state index is 5.46. The van der Waals surface area contributed by atoms with Gasteiger partial charge < -0.3 is 24.8 Å². The average Bonchev–Trinajstić information content (AvgIpc) is 2.68. The van der Waals surface area contributed by atoms with Crippen molar-refractivity contribution in [1.82, 2.24) is 10.6 Å².